The minimum Gasteiger partial charge on any atom is -0.560 e. The van der Waals surface area contributed by atoms with Gasteiger partial charge in [-0.05, 0) is 60.9 Å². The number of methoxy groups -OCH3 is 2. The highest BCUT2D eigenvalue weighted by molar-refractivity contribution is 7.98. The Balaban J connectivity index is 2.26. The molecule has 3 rings (SSSR count). The van der Waals surface area contributed by atoms with E-state index in [2.05, 4.69) is 10.3 Å². The molecule has 0 saturated heterocycles. The first-order valence-corrected chi connectivity index (χ1v) is 12.5. The van der Waals surface area contributed by atoms with Gasteiger partial charge in [0.05, 0.1) is 25.2 Å². The van der Waals surface area contributed by atoms with Crippen molar-refractivity contribution in [3.8, 4) is 28.4 Å². The lowest BCUT2D eigenvalue weighted by Gasteiger charge is -2.20. The van der Waals surface area contributed by atoms with Crippen LogP contribution in [0.15, 0.2) is 38.9 Å². The highest BCUT2D eigenvalue weighted by Gasteiger charge is 2.30. The normalized spacial score (nSPS) is 15.2. The third kappa shape index (κ3) is 5.67. The molecule has 9 nitrogen and oxygen atoms in total. The second-order valence-electron chi connectivity index (χ2n) is 8.13. The lowest BCUT2D eigenvalue weighted by molar-refractivity contribution is -0.135. The largest absolute Gasteiger partial charge is 0.560 e. The molecule has 0 aromatic heterocycles. The van der Waals surface area contributed by atoms with E-state index < -0.39 is 18.1 Å². The molecule has 0 fully saturated rings. The van der Waals surface area contributed by atoms with Gasteiger partial charge in [-0.2, -0.15) is 0 Å². The fraction of sp³-hybridized carbons (Fsp3) is 0.360. The number of aryl methyl sites for hydroxylation is 1. The zero-order valence-corrected chi connectivity index (χ0v) is 22.0. The smallest absolute Gasteiger partial charge is 0.336 e. The lowest BCUT2D eigenvalue weighted by atomic mass is 9.95. The molecule has 0 heterocycles. The summed E-state index contributed by atoms with van der Waals surface area (Å²) in [5.74, 6) is -0.0199. The van der Waals surface area contributed by atoms with Crippen molar-refractivity contribution in [2.75, 3.05) is 20.5 Å². The van der Waals surface area contributed by atoms with Crippen LogP contribution in [0, 0.1) is 0 Å². The Morgan fingerprint density at radius 3 is 2.56 bits per heavy atom. The number of fused-ring (bicyclic) bond motifs is 3. The van der Waals surface area contributed by atoms with Gasteiger partial charge in [0.15, 0.2) is 23.3 Å². The van der Waals surface area contributed by atoms with E-state index in [0.29, 0.717) is 34.6 Å². The van der Waals surface area contributed by atoms with Crippen LogP contribution in [-0.2, 0) is 20.7 Å². The maximum Gasteiger partial charge on any atom is 0.336 e. The Morgan fingerprint density at radius 1 is 1.22 bits per heavy atom. The highest BCUT2D eigenvalue weighted by Crippen LogP contribution is 2.50. The number of hydrogen-bond donors (Lipinski definition) is 1. The minimum atomic E-state index is -0.802. The van der Waals surface area contributed by atoms with Gasteiger partial charge in [-0.15, -0.1) is 11.8 Å². The van der Waals surface area contributed by atoms with E-state index in [4.69, 9.17) is 18.9 Å². The van der Waals surface area contributed by atoms with Gasteiger partial charge < -0.3 is 24.2 Å². The van der Waals surface area contributed by atoms with Crippen molar-refractivity contribution in [1.82, 2.24) is 5.32 Å². The fourth-order valence-corrected chi connectivity index (χ4v) is 4.66. The molecule has 0 aliphatic heterocycles. The first-order chi connectivity index (χ1) is 17.2. The van der Waals surface area contributed by atoms with Crippen LogP contribution in [0.25, 0.3) is 11.1 Å². The van der Waals surface area contributed by atoms with Crippen LogP contribution < -0.4 is 25.0 Å². The van der Waals surface area contributed by atoms with Crippen LogP contribution in [-0.4, -0.2) is 52.8 Å². The average molecular weight is 512 g/mol. The predicted molar refractivity (Wildman–Crippen MR) is 141 cm³/mol. The number of benzene rings is 1. The van der Waals surface area contributed by atoms with E-state index in [0.717, 1.165) is 11.1 Å². The van der Waals surface area contributed by atoms with E-state index in [1.165, 1.54) is 47.4 Å². The first kappa shape index (κ1) is 27.1. The molecule has 2 aromatic rings. The molecule has 0 bridgehead atoms. The highest BCUT2D eigenvalue weighted by atomic mass is 32.2. The van der Waals surface area contributed by atoms with Gasteiger partial charge in [-0.3, -0.25) is 9.59 Å². The number of rotatable bonds is 8. The molecular weight excluding hydrogens is 483 g/mol. The summed E-state index contributed by atoms with van der Waals surface area (Å²) in [7, 11) is 4.39. The topological polar surface area (TPSA) is 113 Å². The number of hydrogen-bond acceptors (Lipinski definition) is 9. The number of nitrogens with zero attached hydrogens (tertiary/aromatic N) is 1. The van der Waals surface area contributed by atoms with Crippen molar-refractivity contribution >= 4 is 38.1 Å². The van der Waals surface area contributed by atoms with Gasteiger partial charge in [-0.1, -0.05) is 6.07 Å². The van der Waals surface area contributed by atoms with Crippen molar-refractivity contribution in [2.45, 2.75) is 43.7 Å². The number of amides is 1. The third-order valence-electron chi connectivity index (χ3n) is 5.82. The summed E-state index contributed by atoms with van der Waals surface area (Å²) in [6.45, 7) is 3.03. The number of thioether (sulfide) groups is 1. The van der Waals surface area contributed by atoms with E-state index >= 15 is 0 Å². The van der Waals surface area contributed by atoms with E-state index in [1.807, 2.05) is 12.3 Å². The molecular formula is C25H29BN2O7S. The van der Waals surface area contributed by atoms with Crippen molar-refractivity contribution in [2.24, 2.45) is 4.99 Å². The van der Waals surface area contributed by atoms with E-state index in [1.54, 1.807) is 25.1 Å². The van der Waals surface area contributed by atoms with Crippen LogP contribution in [0.5, 0.6) is 17.2 Å². The Labute approximate surface area is 215 Å². The molecule has 0 spiro atoms. The van der Waals surface area contributed by atoms with Crippen molar-refractivity contribution < 1.29 is 28.5 Å². The van der Waals surface area contributed by atoms with Gasteiger partial charge in [0.25, 0.3) is 0 Å². The fourth-order valence-electron chi connectivity index (χ4n) is 4.19. The number of carbonyl (C=O) groups excluding carboxylic acids is 2. The Morgan fingerprint density at radius 2 is 1.94 bits per heavy atom. The molecule has 1 N–H and O–H groups in total. The second-order valence-corrected chi connectivity index (χ2v) is 8.98. The Bertz CT molecular complexity index is 1250. The Kier molecular flexibility index (Phi) is 9.03. The number of nitrogens with one attached hydrogen (secondary N) is 1. The molecule has 190 valence electrons. The molecule has 11 heteroatoms. The summed E-state index contributed by atoms with van der Waals surface area (Å²) < 4.78 is 21.9. The minimum absolute atomic E-state index is 0.135. The van der Waals surface area contributed by atoms with E-state index in [-0.39, 0.29) is 22.8 Å². The number of ether oxygens (including phenoxy) is 3. The monoisotopic (exact) mass is 512 g/mol. The SMILES string of the molecule is BOC=NC(C)C(=O)Oc1cc2c(c(OC)c1OC)-c1ccc(SC)c(=O)cc1[C@@H](NC(C)=O)CC2. The molecule has 1 unspecified atom stereocenters. The summed E-state index contributed by atoms with van der Waals surface area (Å²) in [5, 5.41) is 2.97. The molecule has 36 heavy (non-hydrogen) atoms. The summed E-state index contributed by atoms with van der Waals surface area (Å²) in [6, 6.07) is 5.74. The first-order valence-electron chi connectivity index (χ1n) is 11.3. The maximum atomic E-state index is 12.9. The number of esters is 1. The zero-order valence-electron chi connectivity index (χ0n) is 21.2. The van der Waals surface area contributed by atoms with Gasteiger partial charge in [0, 0.05) is 12.5 Å². The molecule has 0 radical (unpaired) electrons. The van der Waals surface area contributed by atoms with Gasteiger partial charge in [0.2, 0.25) is 11.7 Å². The lowest BCUT2D eigenvalue weighted by Crippen LogP contribution is -2.26. The quantitative estimate of drug-likeness (QED) is 0.143. The summed E-state index contributed by atoms with van der Waals surface area (Å²) in [6.07, 6.45) is 4.05. The van der Waals surface area contributed by atoms with Crippen LogP contribution in [0.2, 0.25) is 0 Å². The summed E-state index contributed by atoms with van der Waals surface area (Å²) in [4.78, 5) is 42.1. The molecule has 0 saturated carbocycles. The Hall–Kier alpha value is -3.47. The zero-order chi connectivity index (χ0) is 26.4. The molecule has 2 aromatic carbocycles. The second kappa shape index (κ2) is 12.0. The van der Waals surface area contributed by atoms with Crippen molar-refractivity contribution in [3.63, 3.8) is 0 Å². The molecule has 1 amide bonds. The molecule has 2 atom stereocenters. The molecule has 1 aliphatic carbocycles. The standard InChI is InChI=1S/C25H29BN2O7S/c1-13(27-12-34-26)25(31)35-20-10-15-6-8-18(28-14(2)29)17-11-19(30)21(36-5)9-7-16(17)22(15)24(33-4)23(20)32-3/h7,9-13,18H,6,8,26H2,1-5H3,(H,28,29)/t13?,18-/m0/s1. The predicted octanol–water partition coefficient (Wildman–Crippen LogP) is 2.46. The summed E-state index contributed by atoms with van der Waals surface area (Å²) >= 11 is 1.35. The van der Waals surface area contributed by atoms with Gasteiger partial charge in [-0.25, -0.2) is 9.79 Å². The van der Waals surface area contributed by atoms with Crippen LogP contribution in [0.4, 0.5) is 0 Å². The average Bonchev–Trinajstić information content (AvgIpc) is 3.09. The third-order valence-corrected chi connectivity index (χ3v) is 6.60. The summed E-state index contributed by atoms with van der Waals surface area (Å²) in [5.41, 5.74) is 2.81. The van der Waals surface area contributed by atoms with Crippen LogP contribution in [0.1, 0.15) is 37.4 Å². The van der Waals surface area contributed by atoms with Crippen molar-refractivity contribution in [1.29, 1.82) is 0 Å². The van der Waals surface area contributed by atoms with Crippen molar-refractivity contribution in [3.05, 3.63) is 45.6 Å². The van der Waals surface area contributed by atoms with Crippen LogP contribution >= 0.6 is 11.8 Å². The van der Waals surface area contributed by atoms with Gasteiger partial charge >= 0.3 is 14.0 Å². The van der Waals surface area contributed by atoms with Gasteiger partial charge in [0.1, 0.15) is 6.04 Å². The maximum absolute atomic E-state index is 12.9. The van der Waals surface area contributed by atoms with E-state index in [9.17, 15) is 14.4 Å². The molecule has 1 aliphatic rings. The number of aliphatic imine (C=N–C) groups is 1. The van der Waals surface area contributed by atoms with Crippen LogP contribution in [0.3, 0.4) is 0 Å². The number of carbonyl (C=O) groups is 2.